The Labute approximate surface area is 136 Å². The number of nitriles is 1. The topological polar surface area (TPSA) is 83.5 Å². The van der Waals surface area contributed by atoms with Gasteiger partial charge in [-0.05, 0) is 46.1 Å². The highest BCUT2D eigenvalue weighted by Gasteiger charge is 2.29. The lowest BCUT2D eigenvalue weighted by molar-refractivity contribution is 0.494. The van der Waals surface area contributed by atoms with Crippen molar-refractivity contribution in [1.29, 1.82) is 5.26 Å². The Morgan fingerprint density at radius 1 is 1.22 bits per heavy atom. The standard InChI is InChI=1S/C16H21N7/c1-10-11(2)19-20-16(15(10)8-17)22-7-5-6-14(22)9-23-13(4)18-12(3)21-23/h14H,5-7,9H2,1-4H3. The van der Waals surface area contributed by atoms with Crippen molar-refractivity contribution in [3.63, 3.8) is 0 Å². The average Bonchev–Trinajstić information content (AvgIpc) is 3.09. The number of hydrogen-bond acceptors (Lipinski definition) is 6. The van der Waals surface area contributed by atoms with Gasteiger partial charge < -0.3 is 4.90 Å². The van der Waals surface area contributed by atoms with E-state index in [0.717, 1.165) is 48.8 Å². The summed E-state index contributed by atoms with van der Waals surface area (Å²) in [7, 11) is 0. The zero-order valence-electron chi connectivity index (χ0n) is 14.0. The molecule has 120 valence electrons. The quantitative estimate of drug-likeness (QED) is 0.860. The van der Waals surface area contributed by atoms with Crippen LogP contribution in [-0.4, -0.2) is 37.5 Å². The number of rotatable bonds is 3. The van der Waals surface area contributed by atoms with Crippen molar-refractivity contribution in [3.05, 3.63) is 28.5 Å². The Balaban J connectivity index is 1.92. The predicted molar refractivity (Wildman–Crippen MR) is 86.1 cm³/mol. The first-order valence-corrected chi connectivity index (χ1v) is 7.90. The first kappa shape index (κ1) is 15.4. The zero-order chi connectivity index (χ0) is 16.6. The number of aromatic nitrogens is 5. The Kier molecular flexibility index (Phi) is 3.99. The molecule has 0 radical (unpaired) electrons. The van der Waals surface area contributed by atoms with Crippen molar-refractivity contribution in [2.75, 3.05) is 11.4 Å². The van der Waals surface area contributed by atoms with Gasteiger partial charge in [0, 0.05) is 6.54 Å². The molecule has 3 rings (SSSR count). The molecule has 1 aliphatic heterocycles. The lowest BCUT2D eigenvalue weighted by atomic mass is 10.1. The highest BCUT2D eigenvalue weighted by Crippen LogP contribution is 2.29. The largest absolute Gasteiger partial charge is 0.349 e. The summed E-state index contributed by atoms with van der Waals surface area (Å²) in [6.45, 7) is 9.34. The van der Waals surface area contributed by atoms with E-state index < -0.39 is 0 Å². The predicted octanol–water partition coefficient (Wildman–Crippen LogP) is 1.84. The molecule has 2 aromatic heterocycles. The summed E-state index contributed by atoms with van der Waals surface area (Å²) >= 11 is 0. The van der Waals surface area contributed by atoms with Crippen LogP contribution >= 0.6 is 0 Å². The number of anilines is 1. The summed E-state index contributed by atoms with van der Waals surface area (Å²) < 4.78 is 1.94. The highest BCUT2D eigenvalue weighted by atomic mass is 15.4. The van der Waals surface area contributed by atoms with Gasteiger partial charge in [-0.1, -0.05) is 0 Å². The monoisotopic (exact) mass is 311 g/mol. The van der Waals surface area contributed by atoms with Gasteiger partial charge in [-0.2, -0.15) is 15.5 Å². The molecular formula is C16H21N7. The Bertz CT molecular complexity index is 771. The van der Waals surface area contributed by atoms with E-state index in [1.54, 1.807) is 0 Å². The fourth-order valence-corrected chi connectivity index (χ4v) is 3.17. The van der Waals surface area contributed by atoms with Gasteiger partial charge in [0.25, 0.3) is 0 Å². The minimum Gasteiger partial charge on any atom is -0.349 e. The van der Waals surface area contributed by atoms with Crippen molar-refractivity contribution in [1.82, 2.24) is 25.0 Å². The minimum atomic E-state index is 0.262. The molecule has 1 fully saturated rings. The smallest absolute Gasteiger partial charge is 0.169 e. The van der Waals surface area contributed by atoms with Gasteiger partial charge in [0.2, 0.25) is 0 Å². The zero-order valence-corrected chi connectivity index (χ0v) is 14.0. The molecule has 0 spiro atoms. The van der Waals surface area contributed by atoms with Crippen LogP contribution in [0.5, 0.6) is 0 Å². The summed E-state index contributed by atoms with van der Waals surface area (Å²) in [5.41, 5.74) is 2.36. The maximum absolute atomic E-state index is 9.54. The molecular weight excluding hydrogens is 290 g/mol. The van der Waals surface area contributed by atoms with Crippen molar-refractivity contribution in [3.8, 4) is 6.07 Å². The average molecular weight is 311 g/mol. The normalized spacial score (nSPS) is 17.5. The molecule has 0 aromatic carbocycles. The van der Waals surface area contributed by atoms with Gasteiger partial charge in [0.1, 0.15) is 23.3 Å². The Morgan fingerprint density at radius 3 is 2.65 bits per heavy atom. The first-order chi connectivity index (χ1) is 11.0. The van der Waals surface area contributed by atoms with E-state index in [0.29, 0.717) is 11.4 Å². The van der Waals surface area contributed by atoms with E-state index in [4.69, 9.17) is 0 Å². The van der Waals surface area contributed by atoms with Crippen LogP contribution in [0.15, 0.2) is 0 Å². The molecule has 2 aromatic rings. The fraction of sp³-hybridized carbons (Fsp3) is 0.562. The van der Waals surface area contributed by atoms with Crippen LogP contribution in [0.25, 0.3) is 0 Å². The molecule has 7 heteroatoms. The second kappa shape index (κ2) is 5.95. The van der Waals surface area contributed by atoms with Gasteiger partial charge in [-0.3, -0.25) is 0 Å². The van der Waals surface area contributed by atoms with Crippen LogP contribution in [0.3, 0.4) is 0 Å². The summed E-state index contributed by atoms with van der Waals surface area (Å²) in [5, 5.41) is 22.5. The Morgan fingerprint density at radius 2 is 2.00 bits per heavy atom. The summed E-state index contributed by atoms with van der Waals surface area (Å²) in [6.07, 6.45) is 2.13. The Hall–Kier alpha value is -2.49. The molecule has 1 aliphatic rings. The van der Waals surface area contributed by atoms with Crippen LogP contribution < -0.4 is 4.90 Å². The maximum atomic E-state index is 9.54. The second-order valence-corrected chi connectivity index (χ2v) is 6.10. The van der Waals surface area contributed by atoms with Gasteiger partial charge >= 0.3 is 0 Å². The van der Waals surface area contributed by atoms with Crippen LogP contribution in [0, 0.1) is 39.0 Å². The van der Waals surface area contributed by atoms with Crippen LogP contribution in [0.2, 0.25) is 0 Å². The molecule has 0 bridgehead atoms. The number of nitrogens with zero attached hydrogens (tertiary/aromatic N) is 7. The molecule has 3 heterocycles. The molecule has 0 N–H and O–H groups in total. The van der Waals surface area contributed by atoms with E-state index >= 15 is 0 Å². The maximum Gasteiger partial charge on any atom is 0.169 e. The molecule has 0 aliphatic carbocycles. The molecule has 1 unspecified atom stereocenters. The van der Waals surface area contributed by atoms with Crippen molar-refractivity contribution in [2.45, 2.75) is 53.1 Å². The van der Waals surface area contributed by atoms with E-state index in [1.807, 2.05) is 32.4 Å². The van der Waals surface area contributed by atoms with Crippen LogP contribution in [0.4, 0.5) is 5.82 Å². The summed E-state index contributed by atoms with van der Waals surface area (Å²) in [6, 6.07) is 2.56. The number of aryl methyl sites for hydroxylation is 3. The van der Waals surface area contributed by atoms with Crippen molar-refractivity contribution < 1.29 is 0 Å². The minimum absolute atomic E-state index is 0.262. The first-order valence-electron chi connectivity index (χ1n) is 7.90. The van der Waals surface area contributed by atoms with Gasteiger partial charge in [0.05, 0.1) is 18.3 Å². The fourth-order valence-electron chi connectivity index (χ4n) is 3.17. The van der Waals surface area contributed by atoms with Crippen LogP contribution in [0.1, 0.15) is 41.3 Å². The third-order valence-electron chi connectivity index (χ3n) is 4.54. The molecule has 0 amide bonds. The summed E-state index contributed by atoms with van der Waals surface area (Å²) in [5.74, 6) is 2.41. The molecule has 1 atom stereocenters. The van der Waals surface area contributed by atoms with E-state index in [2.05, 4.69) is 31.2 Å². The van der Waals surface area contributed by atoms with E-state index in [-0.39, 0.29) is 6.04 Å². The highest BCUT2D eigenvalue weighted by molar-refractivity contribution is 5.58. The van der Waals surface area contributed by atoms with Crippen LogP contribution in [-0.2, 0) is 6.54 Å². The summed E-state index contributed by atoms with van der Waals surface area (Å²) in [4.78, 5) is 6.57. The third-order valence-corrected chi connectivity index (χ3v) is 4.54. The third kappa shape index (κ3) is 2.77. The van der Waals surface area contributed by atoms with Gasteiger partial charge in [-0.25, -0.2) is 9.67 Å². The molecule has 23 heavy (non-hydrogen) atoms. The van der Waals surface area contributed by atoms with E-state index in [1.165, 1.54) is 0 Å². The van der Waals surface area contributed by atoms with Gasteiger partial charge in [-0.15, -0.1) is 5.10 Å². The number of hydrogen-bond donors (Lipinski definition) is 0. The second-order valence-electron chi connectivity index (χ2n) is 6.10. The van der Waals surface area contributed by atoms with Gasteiger partial charge in [0.15, 0.2) is 5.82 Å². The lowest BCUT2D eigenvalue weighted by Gasteiger charge is -2.26. The lowest BCUT2D eigenvalue weighted by Crippen LogP contribution is -2.35. The molecule has 1 saturated heterocycles. The molecule has 0 saturated carbocycles. The van der Waals surface area contributed by atoms with Crippen molar-refractivity contribution in [2.24, 2.45) is 0 Å². The molecule has 7 nitrogen and oxygen atoms in total. The van der Waals surface area contributed by atoms with Crippen molar-refractivity contribution >= 4 is 5.82 Å². The SMILES string of the molecule is Cc1nc(C)n(CC2CCCN2c2nnc(C)c(C)c2C#N)n1. The van der Waals surface area contributed by atoms with E-state index in [9.17, 15) is 5.26 Å².